The molecule has 0 aliphatic heterocycles. The van der Waals surface area contributed by atoms with Crippen LogP contribution >= 0.6 is 0 Å². The lowest BCUT2D eigenvalue weighted by atomic mass is 10.3. The molecule has 8 nitrogen and oxygen atoms in total. The van der Waals surface area contributed by atoms with Gasteiger partial charge in [0.25, 0.3) is 0 Å². The molecule has 9 heteroatoms. The first-order valence-corrected chi connectivity index (χ1v) is 7.19. The number of nitrogens with two attached hydrogens (primary N) is 1. The maximum atomic E-state index is 11.8. The quantitative estimate of drug-likeness (QED) is 0.718. The minimum absolute atomic E-state index is 0.142. The molecule has 4 N–H and O–H groups in total. The number of carboxylic acid groups (broad SMARTS) is 1. The number of anilines is 1. The summed E-state index contributed by atoms with van der Waals surface area (Å²) in [6.07, 6.45) is 0. The molecular weight excluding hydrogens is 286 g/mol. The zero-order valence-corrected chi connectivity index (χ0v) is 11.6. The molecule has 2 amide bonds. The van der Waals surface area contributed by atoms with Crippen molar-refractivity contribution in [3.63, 3.8) is 0 Å². The van der Waals surface area contributed by atoms with Crippen LogP contribution in [-0.2, 0) is 14.8 Å². The van der Waals surface area contributed by atoms with Crippen LogP contribution in [0.5, 0.6) is 0 Å². The topological polar surface area (TPSA) is 130 Å². The van der Waals surface area contributed by atoms with Crippen LogP contribution in [0.3, 0.4) is 0 Å². The van der Waals surface area contributed by atoms with E-state index in [9.17, 15) is 18.0 Å². The summed E-state index contributed by atoms with van der Waals surface area (Å²) in [5.74, 6) is -1.14. The number of hydrogen-bond acceptors (Lipinski definition) is 4. The molecule has 20 heavy (non-hydrogen) atoms. The fraction of sp³-hybridized carbons (Fsp3) is 0.273. The second-order valence-corrected chi connectivity index (χ2v) is 5.47. The number of likely N-dealkylation sites (N-methyl/N-ethyl adjacent to an activating group) is 1. The SMILES string of the molecule is CCN(CC(=O)O)C(=O)Nc1cccc(S(N)(=O)=O)c1. The van der Waals surface area contributed by atoms with Gasteiger partial charge < -0.3 is 15.3 Å². The molecule has 110 valence electrons. The summed E-state index contributed by atoms with van der Waals surface area (Å²) in [5, 5.41) is 16.1. The number of nitrogens with one attached hydrogen (secondary N) is 1. The van der Waals surface area contributed by atoms with Gasteiger partial charge >= 0.3 is 12.0 Å². The molecule has 0 aliphatic rings. The molecule has 0 bridgehead atoms. The number of sulfonamides is 1. The molecule has 1 rings (SSSR count). The van der Waals surface area contributed by atoms with Crippen molar-refractivity contribution in [3.05, 3.63) is 24.3 Å². The van der Waals surface area contributed by atoms with Gasteiger partial charge in [-0.1, -0.05) is 6.07 Å². The number of carboxylic acids is 1. The van der Waals surface area contributed by atoms with Crippen molar-refractivity contribution < 1.29 is 23.1 Å². The zero-order chi connectivity index (χ0) is 15.3. The van der Waals surface area contributed by atoms with Gasteiger partial charge in [-0.2, -0.15) is 0 Å². The maximum absolute atomic E-state index is 11.8. The second-order valence-electron chi connectivity index (χ2n) is 3.91. The third-order valence-corrected chi connectivity index (χ3v) is 3.32. The Morgan fingerprint density at radius 2 is 2.05 bits per heavy atom. The van der Waals surface area contributed by atoms with Gasteiger partial charge in [0.15, 0.2) is 0 Å². The predicted octanol–water partition coefficient (Wildman–Crippen LogP) is 0.272. The van der Waals surface area contributed by atoms with Crippen molar-refractivity contribution in [3.8, 4) is 0 Å². The van der Waals surface area contributed by atoms with Crippen LogP contribution in [-0.4, -0.2) is 43.5 Å². The predicted molar refractivity (Wildman–Crippen MR) is 71.7 cm³/mol. The first kappa shape index (κ1) is 15.9. The largest absolute Gasteiger partial charge is 0.480 e. The Labute approximate surface area is 116 Å². The monoisotopic (exact) mass is 301 g/mol. The van der Waals surface area contributed by atoms with Gasteiger partial charge in [0.05, 0.1) is 4.90 Å². The summed E-state index contributed by atoms with van der Waals surface area (Å²) in [4.78, 5) is 23.3. The fourth-order valence-corrected chi connectivity index (χ4v) is 2.00. The number of urea groups is 1. The number of benzene rings is 1. The van der Waals surface area contributed by atoms with E-state index in [0.717, 1.165) is 4.90 Å². The van der Waals surface area contributed by atoms with Gasteiger partial charge in [0, 0.05) is 12.2 Å². The summed E-state index contributed by atoms with van der Waals surface area (Å²) in [5.41, 5.74) is 0.213. The molecule has 0 saturated carbocycles. The highest BCUT2D eigenvalue weighted by Gasteiger charge is 2.15. The first-order chi connectivity index (χ1) is 9.24. The van der Waals surface area contributed by atoms with Crippen LogP contribution < -0.4 is 10.5 Å². The molecule has 0 fully saturated rings. The van der Waals surface area contributed by atoms with E-state index in [1.165, 1.54) is 24.3 Å². The van der Waals surface area contributed by atoms with Crippen LogP contribution in [0.1, 0.15) is 6.92 Å². The first-order valence-electron chi connectivity index (χ1n) is 5.64. The Bertz CT molecular complexity index is 614. The van der Waals surface area contributed by atoms with E-state index in [-0.39, 0.29) is 17.1 Å². The van der Waals surface area contributed by atoms with Crippen molar-refractivity contribution in [2.45, 2.75) is 11.8 Å². The lowest BCUT2D eigenvalue weighted by Crippen LogP contribution is -2.38. The molecule has 0 aromatic heterocycles. The Morgan fingerprint density at radius 1 is 1.40 bits per heavy atom. The average Bonchev–Trinajstić information content (AvgIpc) is 2.34. The number of carbonyl (C=O) groups is 2. The van der Waals surface area contributed by atoms with Crippen molar-refractivity contribution in [1.82, 2.24) is 4.90 Å². The standard InChI is InChI=1S/C11H15N3O5S/c1-2-14(7-10(15)16)11(17)13-8-4-3-5-9(6-8)20(12,18)19/h3-6H,2,7H2,1H3,(H,13,17)(H,15,16)(H2,12,18,19). The van der Waals surface area contributed by atoms with Gasteiger partial charge in [0.2, 0.25) is 10.0 Å². The maximum Gasteiger partial charge on any atom is 0.323 e. The third-order valence-electron chi connectivity index (χ3n) is 2.41. The highest BCUT2D eigenvalue weighted by Crippen LogP contribution is 2.14. The molecule has 1 aromatic rings. The van der Waals surface area contributed by atoms with Crippen molar-refractivity contribution >= 4 is 27.7 Å². The Hall–Kier alpha value is -2.13. The Morgan fingerprint density at radius 3 is 2.55 bits per heavy atom. The van der Waals surface area contributed by atoms with Crippen LogP contribution in [0.4, 0.5) is 10.5 Å². The molecule has 1 aromatic carbocycles. The Kier molecular flexibility index (Phi) is 5.06. The van der Waals surface area contributed by atoms with E-state index in [1.807, 2.05) is 0 Å². The van der Waals surface area contributed by atoms with Crippen LogP contribution in [0.25, 0.3) is 0 Å². The van der Waals surface area contributed by atoms with Crippen molar-refractivity contribution in [2.24, 2.45) is 5.14 Å². The summed E-state index contributed by atoms with van der Waals surface area (Å²) < 4.78 is 22.4. The summed E-state index contributed by atoms with van der Waals surface area (Å²) in [6, 6.07) is 4.74. The fourth-order valence-electron chi connectivity index (χ4n) is 1.44. The number of aliphatic carboxylic acids is 1. The molecule has 0 saturated heterocycles. The van der Waals surface area contributed by atoms with Crippen LogP contribution in [0, 0.1) is 0 Å². The van der Waals surface area contributed by atoms with Gasteiger partial charge in [-0.3, -0.25) is 4.79 Å². The van der Waals surface area contributed by atoms with Gasteiger partial charge in [-0.05, 0) is 25.1 Å². The number of rotatable bonds is 5. The number of hydrogen-bond donors (Lipinski definition) is 3. The molecule has 0 heterocycles. The third kappa shape index (κ3) is 4.52. The van der Waals surface area contributed by atoms with Crippen LogP contribution in [0.15, 0.2) is 29.2 Å². The second kappa shape index (κ2) is 6.35. The number of amides is 2. The zero-order valence-electron chi connectivity index (χ0n) is 10.7. The van der Waals surface area contributed by atoms with Gasteiger partial charge in [-0.15, -0.1) is 0 Å². The normalized spacial score (nSPS) is 10.9. The molecule has 0 aliphatic carbocycles. The lowest BCUT2D eigenvalue weighted by Gasteiger charge is -2.19. The van der Waals surface area contributed by atoms with E-state index in [1.54, 1.807) is 6.92 Å². The van der Waals surface area contributed by atoms with Crippen molar-refractivity contribution in [1.29, 1.82) is 0 Å². The number of primary sulfonamides is 1. The average molecular weight is 301 g/mol. The van der Waals surface area contributed by atoms with Crippen molar-refractivity contribution in [2.75, 3.05) is 18.4 Å². The smallest absolute Gasteiger partial charge is 0.323 e. The highest BCUT2D eigenvalue weighted by atomic mass is 32.2. The number of nitrogens with zero attached hydrogens (tertiary/aromatic N) is 1. The number of carbonyl (C=O) groups excluding carboxylic acids is 1. The minimum atomic E-state index is -3.86. The molecule has 0 radical (unpaired) electrons. The van der Waals surface area contributed by atoms with E-state index < -0.39 is 28.6 Å². The van der Waals surface area contributed by atoms with E-state index in [2.05, 4.69) is 5.32 Å². The molecule has 0 spiro atoms. The molecule has 0 unspecified atom stereocenters. The van der Waals surface area contributed by atoms with Crippen LogP contribution in [0.2, 0.25) is 0 Å². The van der Waals surface area contributed by atoms with E-state index in [0.29, 0.717) is 0 Å². The minimum Gasteiger partial charge on any atom is -0.480 e. The lowest BCUT2D eigenvalue weighted by molar-refractivity contribution is -0.137. The molecule has 0 atom stereocenters. The Balaban J connectivity index is 2.88. The van der Waals surface area contributed by atoms with E-state index in [4.69, 9.17) is 10.2 Å². The summed E-state index contributed by atoms with van der Waals surface area (Å²) in [6.45, 7) is 1.38. The van der Waals surface area contributed by atoms with E-state index >= 15 is 0 Å². The van der Waals surface area contributed by atoms with Gasteiger partial charge in [-0.25, -0.2) is 18.4 Å². The highest BCUT2D eigenvalue weighted by molar-refractivity contribution is 7.89. The molecular formula is C11H15N3O5S. The van der Waals surface area contributed by atoms with Gasteiger partial charge in [0.1, 0.15) is 6.54 Å². The summed E-state index contributed by atoms with van der Waals surface area (Å²) in [7, 11) is -3.86. The summed E-state index contributed by atoms with van der Waals surface area (Å²) >= 11 is 0.